The van der Waals surface area contributed by atoms with Gasteiger partial charge in [0.15, 0.2) is 0 Å². The summed E-state index contributed by atoms with van der Waals surface area (Å²) in [6, 6.07) is 7.72. The van der Waals surface area contributed by atoms with Gasteiger partial charge in [-0.15, -0.1) is 11.6 Å². The van der Waals surface area contributed by atoms with E-state index in [1.807, 2.05) is 30.5 Å². The summed E-state index contributed by atoms with van der Waals surface area (Å²) in [6.45, 7) is 0.660. The van der Waals surface area contributed by atoms with Gasteiger partial charge in [0.05, 0.1) is 13.7 Å². The van der Waals surface area contributed by atoms with Crippen LogP contribution in [-0.2, 0) is 0 Å². The van der Waals surface area contributed by atoms with Gasteiger partial charge in [-0.2, -0.15) is 0 Å². The van der Waals surface area contributed by atoms with Gasteiger partial charge in [-0.05, 0) is 29.8 Å². The first-order valence-corrected chi connectivity index (χ1v) is 4.60. The van der Waals surface area contributed by atoms with Gasteiger partial charge in [-0.1, -0.05) is 0 Å². The summed E-state index contributed by atoms with van der Waals surface area (Å²) in [7, 11) is 1.65. The normalized spacial score (nSPS) is 10.6. The fraction of sp³-hybridized carbons (Fsp3) is 0.300. The van der Waals surface area contributed by atoms with E-state index in [4.69, 9.17) is 16.3 Å². The number of benzene rings is 1. The van der Waals surface area contributed by atoms with Gasteiger partial charge in [-0.3, -0.25) is 4.99 Å². The molecule has 0 N–H and O–H groups in total. The van der Waals surface area contributed by atoms with E-state index >= 15 is 0 Å². The Kier molecular flexibility index (Phi) is 4.33. The highest BCUT2D eigenvalue weighted by molar-refractivity contribution is 6.18. The van der Waals surface area contributed by atoms with E-state index in [2.05, 4.69) is 4.99 Å². The summed E-state index contributed by atoms with van der Waals surface area (Å²) in [5, 5.41) is 0. The first kappa shape index (κ1) is 10.1. The van der Waals surface area contributed by atoms with Crippen molar-refractivity contribution in [3.63, 3.8) is 0 Å². The number of ether oxygens (including phenoxy) is 1. The second-order valence-electron chi connectivity index (χ2n) is 2.50. The van der Waals surface area contributed by atoms with Crippen LogP contribution in [0.2, 0.25) is 0 Å². The first-order chi connectivity index (χ1) is 6.36. The molecule has 0 fully saturated rings. The Balaban J connectivity index is 2.58. The topological polar surface area (TPSA) is 21.6 Å². The average molecular weight is 198 g/mol. The molecule has 0 amide bonds. The van der Waals surface area contributed by atoms with Crippen molar-refractivity contribution in [1.82, 2.24) is 0 Å². The number of hydrogen-bond donors (Lipinski definition) is 0. The van der Waals surface area contributed by atoms with Crippen LogP contribution in [0, 0.1) is 0 Å². The summed E-state index contributed by atoms with van der Waals surface area (Å²) in [4.78, 5) is 4.12. The monoisotopic (exact) mass is 197 g/mol. The molecule has 0 heterocycles. The molecule has 0 unspecified atom stereocenters. The molecule has 3 heteroatoms. The summed E-state index contributed by atoms with van der Waals surface area (Å²) < 4.78 is 5.03. The van der Waals surface area contributed by atoms with Gasteiger partial charge in [0.25, 0.3) is 0 Å². The predicted octanol–water partition coefficient (Wildman–Crippen LogP) is 2.35. The highest BCUT2D eigenvalue weighted by atomic mass is 35.5. The Labute approximate surface area is 83.2 Å². The van der Waals surface area contributed by atoms with Crippen molar-refractivity contribution in [3.8, 4) is 5.75 Å². The van der Waals surface area contributed by atoms with Crippen molar-refractivity contribution in [1.29, 1.82) is 0 Å². The standard InChI is InChI=1S/C10H12ClNO/c1-13-10-4-2-9(3-5-10)8-12-7-6-11/h2-5,8H,6-7H2,1H3. The van der Waals surface area contributed by atoms with Gasteiger partial charge >= 0.3 is 0 Å². The lowest BCUT2D eigenvalue weighted by Gasteiger charge is -1.98. The van der Waals surface area contributed by atoms with Crippen LogP contribution in [0.15, 0.2) is 29.3 Å². The van der Waals surface area contributed by atoms with Gasteiger partial charge < -0.3 is 4.74 Å². The minimum Gasteiger partial charge on any atom is -0.497 e. The molecule has 0 spiro atoms. The van der Waals surface area contributed by atoms with E-state index in [9.17, 15) is 0 Å². The summed E-state index contributed by atoms with van der Waals surface area (Å²) in [6.07, 6.45) is 1.81. The third-order valence-electron chi connectivity index (χ3n) is 1.57. The van der Waals surface area contributed by atoms with Gasteiger partial charge in [0.2, 0.25) is 0 Å². The SMILES string of the molecule is COc1ccc(C=NCCCl)cc1. The molecule has 70 valence electrons. The second kappa shape index (κ2) is 5.60. The predicted molar refractivity (Wildman–Crippen MR) is 56.2 cm³/mol. The third-order valence-corrected chi connectivity index (χ3v) is 1.74. The number of halogens is 1. The van der Waals surface area contributed by atoms with Gasteiger partial charge in [0.1, 0.15) is 5.75 Å². The third kappa shape index (κ3) is 3.47. The van der Waals surface area contributed by atoms with Crippen LogP contribution in [0.1, 0.15) is 5.56 Å². The maximum atomic E-state index is 5.48. The highest BCUT2D eigenvalue weighted by Gasteiger charge is 1.89. The lowest BCUT2D eigenvalue weighted by Crippen LogP contribution is -1.86. The zero-order valence-electron chi connectivity index (χ0n) is 7.53. The van der Waals surface area contributed by atoms with Crippen LogP contribution in [0.25, 0.3) is 0 Å². The zero-order valence-corrected chi connectivity index (χ0v) is 8.29. The van der Waals surface area contributed by atoms with Crippen LogP contribution < -0.4 is 4.74 Å². The summed E-state index contributed by atoms with van der Waals surface area (Å²) >= 11 is 5.48. The Hall–Kier alpha value is -1.02. The molecule has 2 nitrogen and oxygen atoms in total. The molecule has 1 aromatic carbocycles. The molecule has 0 aliphatic heterocycles. The molecule has 0 saturated heterocycles. The van der Waals surface area contributed by atoms with E-state index in [0.29, 0.717) is 12.4 Å². The highest BCUT2D eigenvalue weighted by Crippen LogP contribution is 2.09. The number of nitrogens with zero attached hydrogens (tertiary/aromatic N) is 1. The minimum absolute atomic E-state index is 0.562. The van der Waals surface area contributed by atoms with Crippen molar-refractivity contribution in [2.75, 3.05) is 19.5 Å². The minimum atomic E-state index is 0.562. The van der Waals surface area contributed by atoms with E-state index in [-0.39, 0.29) is 0 Å². The van der Waals surface area contributed by atoms with Crippen LogP contribution in [-0.4, -0.2) is 25.7 Å². The van der Waals surface area contributed by atoms with Crippen molar-refractivity contribution >= 4 is 17.8 Å². The molecule has 1 aromatic rings. The largest absolute Gasteiger partial charge is 0.497 e. The Morgan fingerprint density at radius 1 is 1.38 bits per heavy atom. The van der Waals surface area contributed by atoms with Gasteiger partial charge in [0, 0.05) is 12.1 Å². The first-order valence-electron chi connectivity index (χ1n) is 4.06. The fourth-order valence-corrected chi connectivity index (χ4v) is 1.01. The molecule has 0 atom stereocenters. The van der Waals surface area contributed by atoms with Crippen LogP contribution in [0.5, 0.6) is 5.75 Å². The van der Waals surface area contributed by atoms with Crippen molar-refractivity contribution < 1.29 is 4.74 Å². The van der Waals surface area contributed by atoms with Gasteiger partial charge in [-0.25, -0.2) is 0 Å². The number of alkyl halides is 1. The summed E-state index contributed by atoms with van der Waals surface area (Å²) in [5.41, 5.74) is 1.06. The lowest BCUT2D eigenvalue weighted by atomic mass is 10.2. The Bertz CT molecular complexity index is 269. The van der Waals surface area contributed by atoms with E-state index in [1.54, 1.807) is 7.11 Å². The van der Waals surface area contributed by atoms with Crippen LogP contribution in [0.3, 0.4) is 0 Å². The number of aliphatic imine (C=N–C) groups is 1. The molecule has 0 radical (unpaired) electrons. The van der Waals surface area contributed by atoms with Crippen molar-refractivity contribution in [3.05, 3.63) is 29.8 Å². The molecule has 1 rings (SSSR count). The Morgan fingerprint density at radius 3 is 2.62 bits per heavy atom. The molecule has 13 heavy (non-hydrogen) atoms. The van der Waals surface area contributed by atoms with E-state index < -0.39 is 0 Å². The molecule has 0 aliphatic carbocycles. The maximum absolute atomic E-state index is 5.48. The molecule has 0 saturated carbocycles. The number of methoxy groups -OCH3 is 1. The van der Waals surface area contributed by atoms with E-state index in [0.717, 1.165) is 11.3 Å². The molecular weight excluding hydrogens is 186 g/mol. The summed E-state index contributed by atoms with van der Waals surface area (Å²) in [5.74, 6) is 1.42. The van der Waals surface area contributed by atoms with E-state index in [1.165, 1.54) is 0 Å². The fourth-order valence-electron chi connectivity index (χ4n) is 0.909. The zero-order chi connectivity index (χ0) is 9.52. The van der Waals surface area contributed by atoms with Crippen LogP contribution in [0.4, 0.5) is 0 Å². The number of rotatable bonds is 4. The maximum Gasteiger partial charge on any atom is 0.118 e. The number of hydrogen-bond acceptors (Lipinski definition) is 2. The van der Waals surface area contributed by atoms with Crippen molar-refractivity contribution in [2.24, 2.45) is 4.99 Å². The molecular formula is C10H12ClNO. The molecule has 0 aromatic heterocycles. The Morgan fingerprint density at radius 2 is 2.08 bits per heavy atom. The molecule has 0 aliphatic rings. The average Bonchev–Trinajstić information content (AvgIpc) is 2.19. The second-order valence-corrected chi connectivity index (χ2v) is 2.88. The smallest absolute Gasteiger partial charge is 0.118 e. The molecule has 0 bridgehead atoms. The van der Waals surface area contributed by atoms with Crippen LogP contribution >= 0.6 is 11.6 Å². The quantitative estimate of drug-likeness (QED) is 0.537. The lowest BCUT2D eigenvalue weighted by molar-refractivity contribution is 0.415. The van der Waals surface area contributed by atoms with Crippen molar-refractivity contribution in [2.45, 2.75) is 0 Å².